The Morgan fingerprint density at radius 2 is 1.74 bits per heavy atom. The Morgan fingerprint density at radius 1 is 1.09 bits per heavy atom. The van der Waals surface area contributed by atoms with Crippen molar-refractivity contribution in [1.82, 2.24) is 4.90 Å². The maximum absolute atomic E-state index is 12.4. The normalized spacial score (nSPS) is 14.8. The Balaban J connectivity index is 1.61. The molecule has 3 rings (SSSR count). The largest absolute Gasteiger partial charge is 0.368 e. The second kappa shape index (κ2) is 6.55. The highest BCUT2D eigenvalue weighted by Gasteiger charge is 2.23. The lowest BCUT2D eigenvalue weighted by atomic mass is 10.2. The van der Waals surface area contributed by atoms with Gasteiger partial charge in [-0.25, -0.2) is 0 Å². The first-order chi connectivity index (χ1) is 11.0. The van der Waals surface area contributed by atoms with Gasteiger partial charge in [-0.2, -0.15) is 0 Å². The number of anilines is 1. The summed E-state index contributed by atoms with van der Waals surface area (Å²) in [6.07, 6.45) is 0. The van der Waals surface area contributed by atoms with Crippen molar-refractivity contribution in [2.45, 2.75) is 0 Å². The van der Waals surface area contributed by atoms with E-state index in [-0.39, 0.29) is 11.6 Å². The molecule has 23 heavy (non-hydrogen) atoms. The van der Waals surface area contributed by atoms with Crippen molar-refractivity contribution in [3.8, 4) is 0 Å². The van der Waals surface area contributed by atoms with Crippen LogP contribution in [-0.2, 0) is 0 Å². The summed E-state index contributed by atoms with van der Waals surface area (Å²) >= 11 is 7.16. The molecule has 0 unspecified atom stereocenters. The predicted molar refractivity (Wildman–Crippen MR) is 90.5 cm³/mol. The Morgan fingerprint density at radius 3 is 2.26 bits per heavy atom. The summed E-state index contributed by atoms with van der Waals surface area (Å²) in [5.41, 5.74) is 1.01. The van der Waals surface area contributed by atoms with Crippen LogP contribution in [0.3, 0.4) is 0 Å². The minimum Gasteiger partial charge on any atom is -0.368 e. The van der Waals surface area contributed by atoms with Gasteiger partial charge in [0.25, 0.3) is 11.6 Å². The van der Waals surface area contributed by atoms with Crippen LogP contribution in [0.1, 0.15) is 9.67 Å². The molecule has 0 bridgehead atoms. The zero-order chi connectivity index (χ0) is 16.4. The molecular weight excluding hydrogens is 338 g/mol. The van der Waals surface area contributed by atoms with Crippen LogP contribution in [0.15, 0.2) is 36.4 Å². The Labute approximate surface area is 142 Å². The third kappa shape index (κ3) is 3.46. The Bertz CT molecular complexity index is 724. The Hall–Kier alpha value is -2.12. The van der Waals surface area contributed by atoms with Gasteiger partial charge in [0.05, 0.1) is 14.1 Å². The number of hydrogen-bond donors (Lipinski definition) is 0. The number of non-ortho nitro benzene ring substituents is 1. The molecule has 120 valence electrons. The number of rotatable bonds is 3. The van der Waals surface area contributed by atoms with Gasteiger partial charge in [0.15, 0.2) is 0 Å². The van der Waals surface area contributed by atoms with Gasteiger partial charge in [0.2, 0.25) is 0 Å². The van der Waals surface area contributed by atoms with E-state index in [2.05, 4.69) is 4.90 Å². The van der Waals surface area contributed by atoms with Gasteiger partial charge in [0.1, 0.15) is 0 Å². The number of hydrogen-bond acceptors (Lipinski definition) is 5. The number of nitro benzene ring substituents is 1. The number of carbonyl (C=O) groups excluding carboxylic acids is 1. The number of thiophene rings is 1. The molecule has 2 aromatic rings. The van der Waals surface area contributed by atoms with Gasteiger partial charge in [0, 0.05) is 44.0 Å². The van der Waals surface area contributed by atoms with Gasteiger partial charge in [-0.15, -0.1) is 11.3 Å². The molecule has 0 saturated carbocycles. The van der Waals surface area contributed by atoms with Crippen LogP contribution >= 0.6 is 22.9 Å². The van der Waals surface area contributed by atoms with Crippen molar-refractivity contribution in [2.75, 3.05) is 31.1 Å². The number of carbonyl (C=O) groups is 1. The molecule has 0 N–H and O–H groups in total. The summed E-state index contributed by atoms with van der Waals surface area (Å²) in [5.74, 6) is 0.00486. The van der Waals surface area contributed by atoms with E-state index < -0.39 is 4.92 Å². The minimum absolute atomic E-state index is 0.00486. The quantitative estimate of drug-likeness (QED) is 0.628. The molecule has 1 aromatic heterocycles. The lowest BCUT2D eigenvalue weighted by Crippen LogP contribution is -2.48. The fourth-order valence-electron chi connectivity index (χ4n) is 2.54. The van der Waals surface area contributed by atoms with Crippen molar-refractivity contribution >= 4 is 40.2 Å². The number of nitrogens with zero attached hydrogens (tertiary/aromatic N) is 3. The molecule has 1 aliphatic heterocycles. The first kappa shape index (κ1) is 15.8. The van der Waals surface area contributed by atoms with Crippen LogP contribution in [0, 0.1) is 10.1 Å². The van der Waals surface area contributed by atoms with Crippen LogP contribution < -0.4 is 4.90 Å². The van der Waals surface area contributed by atoms with Crippen LogP contribution in [0.25, 0.3) is 0 Å². The molecule has 1 aliphatic rings. The second-order valence-electron chi connectivity index (χ2n) is 5.16. The van der Waals surface area contributed by atoms with E-state index in [9.17, 15) is 14.9 Å². The molecular formula is C15H14ClN3O3S. The first-order valence-corrected chi connectivity index (χ1v) is 8.28. The van der Waals surface area contributed by atoms with E-state index in [4.69, 9.17) is 11.6 Å². The van der Waals surface area contributed by atoms with E-state index in [1.165, 1.54) is 23.5 Å². The number of halogens is 1. The van der Waals surface area contributed by atoms with Crippen LogP contribution in [0.5, 0.6) is 0 Å². The second-order valence-corrected chi connectivity index (χ2v) is 6.87. The van der Waals surface area contributed by atoms with Gasteiger partial charge in [-0.3, -0.25) is 14.9 Å². The first-order valence-electron chi connectivity index (χ1n) is 7.08. The number of piperazine rings is 1. The molecule has 0 radical (unpaired) electrons. The number of benzene rings is 1. The van der Waals surface area contributed by atoms with E-state index >= 15 is 0 Å². The Kier molecular flexibility index (Phi) is 4.49. The van der Waals surface area contributed by atoms with Crippen molar-refractivity contribution in [3.05, 3.63) is 55.7 Å². The maximum atomic E-state index is 12.4. The molecule has 1 saturated heterocycles. The number of nitro groups is 1. The summed E-state index contributed by atoms with van der Waals surface area (Å²) in [6, 6.07) is 9.97. The molecule has 0 aliphatic carbocycles. The van der Waals surface area contributed by atoms with E-state index in [1.54, 1.807) is 24.3 Å². The van der Waals surface area contributed by atoms with E-state index in [0.717, 1.165) is 5.69 Å². The maximum Gasteiger partial charge on any atom is 0.269 e. The fourth-order valence-corrected chi connectivity index (χ4v) is 3.55. The lowest BCUT2D eigenvalue weighted by molar-refractivity contribution is -0.384. The lowest BCUT2D eigenvalue weighted by Gasteiger charge is -2.35. The average molecular weight is 352 g/mol. The highest BCUT2D eigenvalue weighted by molar-refractivity contribution is 7.17. The van der Waals surface area contributed by atoms with Crippen molar-refractivity contribution < 1.29 is 9.72 Å². The summed E-state index contributed by atoms with van der Waals surface area (Å²) in [5, 5.41) is 10.7. The number of amides is 1. The molecule has 1 amide bonds. The summed E-state index contributed by atoms with van der Waals surface area (Å²) < 4.78 is 0.609. The van der Waals surface area contributed by atoms with Gasteiger partial charge >= 0.3 is 0 Å². The SMILES string of the molecule is O=C(c1ccc(Cl)s1)N1CCN(c2ccc([N+](=O)[O-])cc2)CC1. The smallest absolute Gasteiger partial charge is 0.269 e. The highest BCUT2D eigenvalue weighted by Crippen LogP contribution is 2.24. The molecule has 6 nitrogen and oxygen atoms in total. The van der Waals surface area contributed by atoms with E-state index in [0.29, 0.717) is 35.4 Å². The summed E-state index contributed by atoms with van der Waals surface area (Å²) in [6.45, 7) is 2.63. The van der Waals surface area contributed by atoms with Crippen LogP contribution in [0.2, 0.25) is 4.34 Å². The summed E-state index contributed by atoms with van der Waals surface area (Å²) in [4.78, 5) is 27.2. The van der Waals surface area contributed by atoms with Crippen molar-refractivity contribution in [2.24, 2.45) is 0 Å². The monoisotopic (exact) mass is 351 g/mol. The third-order valence-corrected chi connectivity index (χ3v) is 5.00. The van der Waals surface area contributed by atoms with Crippen molar-refractivity contribution in [3.63, 3.8) is 0 Å². The minimum atomic E-state index is -0.410. The molecule has 0 spiro atoms. The van der Waals surface area contributed by atoms with Crippen LogP contribution in [0.4, 0.5) is 11.4 Å². The standard InChI is InChI=1S/C15H14ClN3O3S/c16-14-6-5-13(23-14)15(20)18-9-7-17(8-10-18)11-1-3-12(4-2-11)19(21)22/h1-6H,7-10H2. The zero-order valence-electron chi connectivity index (χ0n) is 12.1. The van der Waals surface area contributed by atoms with Gasteiger partial charge in [-0.05, 0) is 24.3 Å². The van der Waals surface area contributed by atoms with Gasteiger partial charge in [-0.1, -0.05) is 11.6 Å². The predicted octanol–water partition coefficient (Wildman–Crippen LogP) is 3.27. The highest BCUT2D eigenvalue weighted by atomic mass is 35.5. The van der Waals surface area contributed by atoms with E-state index in [1.807, 2.05) is 4.90 Å². The van der Waals surface area contributed by atoms with Crippen molar-refractivity contribution in [1.29, 1.82) is 0 Å². The molecule has 2 heterocycles. The fraction of sp³-hybridized carbons (Fsp3) is 0.267. The molecule has 8 heteroatoms. The summed E-state index contributed by atoms with van der Waals surface area (Å²) in [7, 11) is 0. The molecule has 1 aromatic carbocycles. The topological polar surface area (TPSA) is 66.7 Å². The average Bonchev–Trinajstić information content (AvgIpc) is 3.01. The van der Waals surface area contributed by atoms with Gasteiger partial charge < -0.3 is 9.80 Å². The molecule has 0 atom stereocenters. The third-order valence-electron chi connectivity index (χ3n) is 3.78. The van der Waals surface area contributed by atoms with Crippen LogP contribution in [-0.4, -0.2) is 41.9 Å². The zero-order valence-corrected chi connectivity index (χ0v) is 13.7. The molecule has 1 fully saturated rings.